The van der Waals surface area contributed by atoms with Crippen LogP contribution in [0.3, 0.4) is 0 Å². The molecule has 0 spiro atoms. The third kappa shape index (κ3) is 4.57. The van der Waals surface area contributed by atoms with Crippen LogP contribution in [0.4, 0.5) is 0 Å². The Kier molecular flexibility index (Phi) is 5.35. The fraction of sp³-hybridized carbons (Fsp3) is 0.231. The number of hydrogen-bond donors (Lipinski definition) is 2. The monoisotopic (exact) mass is 325 g/mol. The number of nitrogens with zero attached hydrogens (tertiary/aromatic N) is 2. The molecule has 0 aliphatic carbocycles. The fourth-order valence-corrected chi connectivity index (χ4v) is 2.65. The first kappa shape index (κ1) is 15.5. The molecule has 0 amide bonds. The Labute approximate surface area is 129 Å². The molecule has 2 rings (SSSR count). The molecule has 0 bridgehead atoms. The van der Waals surface area contributed by atoms with Crippen LogP contribution in [0.1, 0.15) is 17.7 Å². The smallest absolute Gasteiger partial charge is 0.303 e. The van der Waals surface area contributed by atoms with Crippen molar-refractivity contribution in [2.45, 2.75) is 23.8 Å². The average Bonchev–Trinajstić information content (AvgIpc) is 2.45. The number of halogens is 1. The number of carboxylic acid groups (broad SMARTS) is 1. The van der Waals surface area contributed by atoms with Gasteiger partial charge in [-0.15, -0.1) is 10.2 Å². The third-order valence-electron chi connectivity index (χ3n) is 2.64. The predicted molar refractivity (Wildman–Crippen MR) is 79.6 cm³/mol. The number of thioether (sulfide) groups is 1. The van der Waals surface area contributed by atoms with E-state index in [1.54, 1.807) is 6.07 Å². The molecule has 1 heterocycles. The third-order valence-corrected chi connectivity index (χ3v) is 3.92. The van der Waals surface area contributed by atoms with Crippen LogP contribution in [-0.4, -0.2) is 26.3 Å². The lowest BCUT2D eigenvalue weighted by molar-refractivity contribution is -0.136. The van der Waals surface area contributed by atoms with E-state index in [1.807, 2.05) is 18.2 Å². The van der Waals surface area contributed by atoms with Crippen LogP contribution in [0.5, 0.6) is 0 Å². The predicted octanol–water partition coefficient (Wildman–Crippen LogP) is 2.13. The Bertz CT molecular complexity index is 705. The number of hydrogen-bond acceptors (Lipinski definition) is 5. The molecule has 1 aromatic heterocycles. The molecule has 0 aliphatic rings. The molecule has 110 valence electrons. The van der Waals surface area contributed by atoms with Gasteiger partial charge >= 0.3 is 5.97 Å². The summed E-state index contributed by atoms with van der Waals surface area (Å²) >= 11 is 7.35. The molecule has 1 aromatic carbocycles. The summed E-state index contributed by atoms with van der Waals surface area (Å²) in [5.74, 6) is -0.424. The van der Waals surface area contributed by atoms with E-state index >= 15 is 0 Å². The lowest BCUT2D eigenvalue weighted by Crippen LogP contribution is -2.18. The first-order valence-corrected chi connectivity index (χ1v) is 7.46. The number of aryl methyl sites for hydroxylation is 1. The minimum absolute atomic E-state index is 0.0626. The summed E-state index contributed by atoms with van der Waals surface area (Å²) in [6.45, 7) is 0. The lowest BCUT2D eigenvalue weighted by atomic mass is 10.2. The molecule has 0 saturated heterocycles. The van der Waals surface area contributed by atoms with Gasteiger partial charge in [-0.3, -0.25) is 14.6 Å². The number of carboxylic acids is 1. The van der Waals surface area contributed by atoms with E-state index < -0.39 is 11.5 Å². The van der Waals surface area contributed by atoms with Crippen LogP contribution in [0.15, 0.2) is 34.2 Å². The van der Waals surface area contributed by atoms with Crippen molar-refractivity contribution in [3.05, 3.63) is 50.9 Å². The van der Waals surface area contributed by atoms with Crippen LogP contribution in [0.2, 0.25) is 5.02 Å². The number of rotatable bonds is 6. The number of H-pyrrole nitrogens is 1. The minimum atomic E-state index is -0.978. The average molecular weight is 326 g/mol. The molecule has 2 aromatic rings. The van der Waals surface area contributed by atoms with E-state index in [0.29, 0.717) is 15.9 Å². The number of aliphatic carboxylic acids is 1. The highest BCUT2D eigenvalue weighted by Gasteiger charge is 2.08. The molecular weight excluding hydrogens is 314 g/mol. The van der Waals surface area contributed by atoms with Gasteiger partial charge in [0.15, 0.2) is 5.16 Å². The van der Waals surface area contributed by atoms with Gasteiger partial charge in [0, 0.05) is 17.2 Å². The van der Waals surface area contributed by atoms with Crippen molar-refractivity contribution >= 4 is 29.3 Å². The Morgan fingerprint density at radius 2 is 2.10 bits per heavy atom. The maximum absolute atomic E-state index is 11.7. The maximum atomic E-state index is 11.7. The molecule has 0 saturated carbocycles. The van der Waals surface area contributed by atoms with Gasteiger partial charge < -0.3 is 5.11 Å². The van der Waals surface area contributed by atoms with Gasteiger partial charge in [-0.25, -0.2) is 0 Å². The zero-order chi connectivity index (χ0) is 15.2. The summed E-state index contributed by atoms with van der Waals surface area (Å²) < 4.78 is 0. The van der Waals surface area contributed by atoms with Crippen molar-refractivity contribution in [3.63, 3.8) is 0 Å². The van der Waals surface area contributed by atoms with Crippen LogP contribution < -0.4 is 5.56 Å². The molecular formula is C13H12ClN3O3S. The largest absolute Gasteiger partial charge is 0.481 e. The van der Waals surface area contributed by atoms with Crippen molar-refractivity contribution in [3.8, 4) is 0 Å². The second-order valence-electron chi connectivity index (χ2n) is 4.18. The van der Waals surface area contributed by atoms with Crippen LogP contribution >= 0.6 is 23.4 Å². The molecule has 6 nitrogen and oxygen atoms in total. The first-order chi connectivity index (χ1) is 10.1. The topological polar surface area (TPSA) is 95.9 Å². The molecule has 8 heteroatoms. The second-order valence-corrected chi connectivity index (χ2v) is 5.55. The Hall–Kier alpha value is -1.86. The van der Waals surface area contributed by atoms with E-state index in [-0.39, 0.29) is 18.5 Å². The van der Waals surface area contributed by atoms with Crippen molar-refractivity contribution in [2.75, 3.05) is 0 Å². The lowest BCUT2D eigenvalue weighted by Gasteiger charge is -2.03. The summed E-state index contributed by atoms with van der Waals surface area (Å²) in [5, 5.41) is 17.3. The summed E-state index contributed by atoms with van der Waals surface area (Å²) in [4.78, 5) is 24.8. The number of benzene rings is 1. The molecule has 2 N–H and O–H groups in total. The van der Waals surface area contributed by atoms with Gasteiger partial charge in [0.25, 0.3) is 5.56 Å². The summed E-state index contributed by atoms with van der Waals surface area (Å²) in [5.41, 5.74) is 0.647. The number of aromatic amines is 1. The first-order valence-electron chi connectivity index (χ1n) is 6.10. The van der Waals surface area contributed by atoms with Crippen molar-refractivity contribution in [1.29, 1.82) is 0 Å². The highest BCUT2D eigenvalue weighted by Crippen LogP contribution is 2.23. The molecule has 0 radical (unpaired) electrons. The standard InChI is InChI=1S/C13H12ClN3O3S/c14-9-4-2-1-3-8(9)7-21-13-15-12(20)10(16-17-13)5-6-11(18)19/h1-4H,5-7H2,(H,18,19)(H,15,17,20). The molecule has 0 unspecified atom stereocenters. The zero-order valence-corrected chi connectivity index (χ0v) is 12.4. The van der Waals surface area contributed by atoms with E-state index in [9.17, 15) is 9.59 Å². The second kappa shape index (κ2) is 7.24. The number of nitrogens with one attached hydrogen (secondary N) is 1. The summed E-state index contributed by atoms with van der Waals surface area (Å²) in [6, 6.07) is 7.41. The molecule has 0 atom stereocenters. The van der Waals surface area contributed by atoms with E-state index in [1.165, 1.54) is 11.8 Å². The van der Waals surface area contributed by atoms with Gasteiger partial charge in [0.1, 0.15) is 5.69 Å². The normalized spacial score (nSPS) is 10.5. The van der Waals surface area contributed by atoms with Crippen LogP contribution in [-0.2, 0) is 17.0 Å². The summed E-state index contributed by atoms with van der Waals surface area (Å²) in [7, 11) is 0. The summed E-state index contributed by atoms with van der Waals surface area (Å²) in [6.07, 6.45) is -0.0863. The van der Waals surface area contributed by atoms with Crippen LogP contribution in [0, 0.1) is 0 Å². The Balaban J connectivity index is 2.02. The van der Waals surface area contributed by atoms with Gasteiger partial charge in [-0.2, -0.15) is 0 Å². The highest BCUT2D eigenvalue weighted by atomic mass is 35.5. The van der Waals surface area contributed by atoms with Crippen molar-refractivity contribution in [2.24, 2.45) is 0 Å². The SMILES string of the molecule is O=C(O)CCc1nnc(SCc2ccccc2Cl)[nH]c1=O. The molecule has 0 fully saturated rings. The highest BCUT2D eigenvalue weighted by molar-refractivity contribution is 7.98. The van der Waals surface area contributed by atoms with Crippen molar-refractivity contribution in [1.82, 2.24) is 15.2 Å². The van der Waals surface area contributed by atoms with Gasteiger partial charge in [-0.05, 0) is 11.6 Å². The number of aromatic nitrogens is 3. The minimum Gasteiger partial charge on any atom is -0.481 e. The van der Waals surface area contributed by atoms with Gasteiger partial charge in [-0.1, -0.05) is 41.6 Å². The van der Waals surface area contributed by atoms with Crippen LogP contribution in [0.25, 0.3) is 0 Å². The van der Waals surface area contributed by atoms with Gasteiger partial charge in [0.05, 0.1) is 6.42 Å². The quantitative estimate of drug-likeness (QED) is 0.790. The zero-order valence-electron chi connectivity index (χ0n) is 10.9. The Morgan fingerprint density at radius 1 is 1.33 bits per heavy atom. The van der Waals surface area contributed by atoms with Crippen molar-refractivity contribution < 1.29 is 9.90 Å². The molecule has 0 aliphatic heterocycles. The van der Waals surface area contributed by atoms with E-state index in [0.717, 1.165) is 5.56 Å². The van der Waals surface area contributed by atoms with Gasteiger partial charge in [0.2, 0.25) is 0 Å². The van der Waals surface area contributed by atoms with E-state index in [4.69, 9.17) is 16.7 Å². The molecule has 21 heavy (non-hydrogen) atoms. The fourth-order valence-electron chi connectivity index (χ4n) is 1.56. The number of carbonyl (C=O) groups is 1. The van der Waals surface area contributed by atoms with E-state index in [2.05, 4.69) is 15.2 Å². The maximum Gasteiger partial charge on any atom is 0.303 e. The Morgan fingerprint density at radius 3 is 2.76 bits per heavy atom.